The number of aliphatic carboxylic acids is 1. The molecule has 0 bridgehead atoms. The second-order valence-electron chi connectivity index (χ2n) is 5.74. The van der Waals surface area contributed by atoms with Crippen LogP contribution in [-0.2, 0) is 19.6 Å². The molecule has 19 heavy (non-hydrogen) atoms. The van der Waals surface area contributed by atoms with Crippen LogP contribution < -0.4 is 0 Å². The number of hydrogen-bond donors (Lipinski definition) is 1. The standard InChI is InChI=1S/C12H23NO5S/c1-12(2,3)13(7-4-11(14)15)19(16,17)10-5-8-18-9-6-10/h10H,4-9H2,1-3H3,(H,14,15). The zero-order valence-electron chi connectivity index (χ0n) is 11.8. The van der Waals surface area contributed by atoms with E-state index in [9.17, 15) is 13.2 Å². The predicted molar refractivity (Wildman–Crippen MR) is 71.5 cm³/mol. The Morgan fingerprint density at radius 3 is 2.26 bits per heavy atom. The van der Waals surface area contributed by atoms with Gasteiger partial charge in [-0.15, -0.1) is 0 Å². The van der Waals surface area contributed by atoms with Crippen LogP contribution in [0.3, 0.4) is 0 Å². The van der Waals surface area contributed by atoms with Crippen molar-refractivity contribution in [2.24, 2.45) is 0 Å². The summed E-state index contributed by atoms with van der Waals surface area (Å²) in [5, 5.41) is 8.30. The first kappa shape index (κ1) is 16.4. The molecule has 0 aromatic carbocycles. The van der Waals surface area contributed by atoms with Gasteiger partial charge in [-0.25, -0.2) is 8.42 Å². The summed E-state index contributed by atoms with van der Waals surface area (Å²) in [6.45, 7) is 6.25. The molecule has 1 saturated heterocycles. The van der Waals surface area contributed by atoms with Gasteiger partial charge in [0.25, 0.3) is 0 Å². The molecule has 0 aromatic heterocycles. The van der Waals surface area contributed by atoms with Gasteiger partial charge in [0, 0.05) is 25.3 Å². The Kier molecular flexibility index (Phi) is 5.34. The topological polar surface area (TPSA) is 83.9 Å². The van der Waals surface area contributed by atoms with Crippen LogP contribution in [0, 0.1) is 0 Å². The number of carbonyl (C=O) groups is 1. The Balaban J connectivity index is 2.91. The smallest absolute Gasteiger partial charge is 0.304 e. The van der Waals surface area contributed by atoms with E-state index >= 15 is 0 Å². The highest BCUT2D eigenvalue weighted by Gasteiger charge is 2.39. The van der Waals surface area contributed by atoms with Crippen LogP contribution in [0.4, 0.5) is 0 Å². The number of ether oxygens (including phenoxy) is 1. The first-order valence-corrected chi connectivity index (χ1v) is 7.97. The zero-order valence-corrected chi connectivity index (χ0v) is 12.6. The lowest BCUT2D eigenvalue weighted by molar-refractivity contribution is -0.137. The van der Waals surface area contributed by atoms with E-state index in [4.69, 9.17) is 9.84 Å². The van der Waals surface area contributed by atoms with Crippen molar-refractivity contribution >= 4 is 16.0 Å². The molecule has 0 aliphatic carbocycles. The molecule has 112 valence electrons. The van der Waals surface area contributed by atoms with Crippen molar-refractivity contribution in [3.8, 4) is 0 Å². The molecule has 6 nitrogen and oxygen atoms in total. The van der Waals surface area contributed by atoms with Crippen LogP contribution in [0.1, 0.15) is 40.0 Å². The molecule has 7 heteroatoms. The summed E-state index contributed by atoms with van der Waals surface area (Å²) in [6.07, 6.45) is 0.768. The Hall–Kier alpha value is -0.660. The third kappa shape index (κ3) is 4.43. The van der Waals surface area contributed by atoms with Gasteiger partial charge in [0.2, 0.25) is 10.0 Å². The van der Waals surface area contributed by atoms with Gasteiger partial charge in [0.15, 0.2) is 0 Å². The van der Waals surface area contributed by atoms with E-state index < -0.39 is 26.8 Å². The van der Waals surface area contributed by atoms with Gasteiger partial charge in [0.05, 0.1) is 11.7 Å². The highest BCUT2D eigenvalue weighted by Crippen LogP contribution is 2.26. The van der Waals surface area contributed by atoms with E-state index in [0.29, 0.717) is 26.1 Å². The molecule has 0 saturated carbocycles. The molecule has 1 aliphatic rings. The second-order valence-corrected chi connectivity index (χ2v) is 7.88. The Bertz CT molecular complexity index is 406. The quantitative estimate of drug-likeness (QED) is 0.819. The average molecular weight is 293 g/mol. The minimum atomic E-state index is -3.49. The maximum atomic E-state index is 12.6. The molecule has 0 atom stereocenters. The van der Waals surface area contributed by atoms with E-state index in [-0.39, 0.29) is 13.0 Å². The van der Waals surface area contributed by atoms with Crippen LogP contribution >= 0.6 is 0 Å². The fourth-order valence-corrected chi connectivity index (χ4v) is 4.45. The van der Waals surface area contributed by atoms with Crippen molar-refractivity contribution in [3.05, 3.63) is 0 Å². The molecule has 1 rings (SSSR count). The number of hydrogen-bond acceptors (Lipinski definition) is 4. The summed E-state index contributed by atoms with van der Waals surface area (Å²) in [5.41, 5.74) is -0.618. The van der Waals surface area contributed by atoms with Crippen LogP contribution in [0.5, 0.6) is 0 Å². The molecular weight excluding hydrogens is 270 g/mol. The Morgan fingerprint density at radius 2 is 1.84 bits per heavy atom. The average Bonchev–Trinajstić information content (AvgIpc) is 2.27. The van der Waals surface area contributed by atoms with Gasteiger partial charge >= 0.3 is 5.97 Å². The minimum Gasteiger partial charge on any atom is -0.481 e. The molecule has 0 aromatic rings. The first-order chi connectivity index (χ1) is 8.65. The van der Waals surface area contributed by atoms with E-state index in [1.165, 1.54) is 4.31 Å². The summed E-state index contributed by atoms with van der Waals surface area (Å²) < 4.78 is 31.7. The summed E-state index contributed by atoms with van der Waals surface area (Å²) in [5.74, 6) is -0.989. The van der Waals surface area contributed by atoms with Gasteiger partial charge in [-0.3, -0.25) is 4.79 Å². The SMILES string of the molecule is CC(C)(C)N(CCC(=O)O)S(=O)(=O)C1CCOCC1. The van der Waals surface area contributed by atoms with Crippen LogP contribution in [-0.4, -0.2) is 54.3 Å². The second kappa shape index (κ2) is 6.19. The lowest BCUT2D eigenvalue weighted by Gasteiger charge is -2.37. The summed E-state index contributed by atoms with van der Waals surface area (Å²) in [4.78, 5) is 10.7. The molecule has 0 unspecified atom stereocenters. The third-order valence-electron chi connectivity index (χ3n) is 3.17. The normalized spacial score (nSPS) is 18.7. The molecule has 0 spiro atoms. The molecule has 0 amide bonds. The number of carboxylic acid groups (broad SMARTS) is 1. The lowest BCUT2D eigenvalue weighted by atomic mass is 10.1. The number of rotatable bonds is 5. The van der Waals surface area contributed by atoms with Crippen molar-refractivity contribution in [2.75, 3.05) is 19.8 Å². The first-order valence-electron chi connectivity index (χ1n) is 6.47. The maximum absolute atomic E-state index is 12.6. The molecule has 1 N–H and O–H groups in total. The number of nitrogens with zero attached hydrogens (tertiary/aromatic N) is 1. The van der Waals surface area contributed by atoms with Gasteiger partial charge < -0.3 is 9.84 Å². The molecule has 0 radical (unpaired) electrons. The van der Waals surface area contributed by atoms with Crippen molar-refractivity contribution in [1.29, 1.82) is 0 Å². The largest absolute Gasteiger partial charge is 0.481 e. The molecule has 1 aliphatic heterocycles. The molecule has 1 fully saturated rings. The summed E-state index contributed by atoms with van der Waals surface area (Å²) in [7, 11) is -3.49. The van der Waals surface area contributed by atoms with Crippen molar-refractivity contribution < 1.29 is 23.1 Å². The highest BCUT2D eigenvalue weighted by molar-refractivity contribution is 7.89. The van der Waals surface area contributed by atoms with Gasteiger partial charge in [-0.05, 0) is 33.6 Å². The van der Waals surface area contributed by atoms with Crippen molar-refractivity contribution in [3.63, 3.8) is 0 Å². The van der Waals surface area contributed by atoms with Gasteiger partial charge in [-0.1, -0.05) is 0 Å². The number of sulfonamides is 1. The lowest BCUT2D eigenvalue weighted by Crippen LogP contribution is -2.51. The fourth-order valence-electron chi connectivity index (χ4n) is 2.20. The van der Waals surface area contributed by atoms with E-state index in [1.54, 1.807) is 20.8 Å². The van der Waals surface area contributed by atoms with Gasteiger partial charge in [0.1, 0.15) is 0 Å². The number of carboxylic acids is 1. The van der Waals surface area contributed by atoms with Crippen molar-refractivity contribution in [1.82, 2.24) is 4.31 Å². The van der Waals surface area contributed by atoms with Gasteiger partial charge in [-0.2, -0.15) is 4.31 Å². The Morgan fingerprint density at radius 1 is 1.32 bits per heavy atom. The van der Waals surface area contributed by atoms with Crippen LogP contribution in [0.2, 0.25) is 0 Å². The third-order valence-corrected chi connectivity index (χ3v) is 5.83. The van der Waals surface area contributed by atoms with E-state index in [2.05, 4.69) is 0 Å². The van der Waals surface area contributed by atoms with E-state index in [0.717, 1.165) is 0 Å². The van der Waals surface area contributed by atoms with Crippen LogP contribution in [0.25, 0.3) is 0 Å². The predicted octanol–water partition coefficient (Wildman–Crippen LogP) is 1.07. The highest BCUT2D eigenvalue weighted by atomic mass is 32.2. The van der Waals surface area contributed by atoms with Crippen LogP contribution in [0.15, 0.2) is 0 Å². The summed E-state index contributed by atoms with van der Waals surface area (Å²) >= 11 is 0. The fraction of sp³-hybridized carbons (Fsp3) is 0.917. The summed E-state index contributed by atoms with van der Waals surface area (Å²) in [6, 6.07) is 0. The minimum absolute atomic E-state index is 0.0124. The molecular formula is C12H23NO5S. The Labute approximate surface area is 114 Å². The van der Waals surface area contributed by atoms with E-state index in [1.807, 2.05) is 0 Å². The molecule has 1 heterocycles. The zero-order chi connectivity index (χ0) is 14.7. The monoisotopic (exact) mass is 293 g/mol. The van der Waals surface area contributed by atoms with Crippen molar-refractivity contribution in [2.45, 2.75) is 50.8 Å². The maximum Gasteiger partial charge on any atom is 0.304 e.